The van der Waals surface area contributed by atoms with Gasteiger partial charge in [-0.1, -0.05) is 12.8 Å². The molecule has 0 radical (unpaired) electrons. The maximum Gasteiger partial charge on any atom is 0.407 e. The molecule has 23 heavy (non-hydrogen) atoms. The van der Waals surface area contributed by atoms with Crippen molar-refractivity contribution in [3.8, 4) is 0 Å². The molecule has 1 fully saturated rings. The van der Waals surface area contributed by atoms with Crippen molar-refractivity contribution >= 4 is 6.09 Å². The van der Waals surface area contributed by atoms with E-state index in [9.17, 15) is 4.79 Å². The number of hydrogen-bond acceptors (Lipinski definition) is 4. The molecule has 1 saturated carbocycles. The summed E-state index contributed by atoms with van der Waals surface area (Å²) in [7, 11) is 4.24. The second-order valence-corrected chi connectivity index (χ2v) is 8.00. The second-order valence-electron chi connectivity index (χ2n) is 8.00. The third kappa shape index (κ3) is 9.82. The van der Waals surface area contributed by atoms with Gasteiger partial charge in [-0.25, -0.2) is 4.79 Å². The molecule has 0 heterocycles. The topological polar surface area (TPSA) is 53.6 Å². The standard InChI is InChI=1S/C18H37N3O2/c1-18(2,3)23-17(22)20-14-15-10-6-7-11-16(15)19-12-8-9-13-21(4)5/h15-16,19H,6-14H2,1-5H3,(H,20,22). The van der Waals surface area contributed by atoms with Crippen molar-refractivity contribution < 1.29 is 9.53 Å². The van der Waals surface area contributed by atoms with Gasteiger partial charge in [0.25, 0.3) is 0 Å². The minimum atomic E-state index is -0.430. The minimum absolute atomic E-state index is 0.298. The van der Waals surface area contributed by atoms with E-state index in [0.717, 1.165) is 13.1 Å². The Morgan fingerprint density at radius 1 is 1.17 bits per heavy atom. The predicted octanol–water partition coefficient (Wildman–Crippen LogP) is 3.00. The number of alkyl carbamates (subject to hydrolysis) is 1. The Labute approximate surface area is 142 Å². The Balaban J connectivity index is 2.27. The minimum Gasteiger partial charge on any atom is -0.444 e. The Morgan fingerprint density at radius 3 is 2.52 bits per heavy atom. The van der Waals surface area contributed by atoms with Gasteiger partial charge in [0.05, 0.1) is 0 Å². The van der Waals surface area contributed by atoms with E-state index in [1.807, 2.05) is 20.8 Å². The fourth-order valence-corrected chi connectivity index (χ4v) is 3.09. The molecule has 1 amide bonds. The molecule has 2 N–H and O–H groups in total. The van der Waals surface area contributed by atoms with Crippen LogP contribution in [-0.4, -0.2) is 56.4 Å². The van der Waals surface area contributed by atoms with E-state index in [4.69, 9.17) is 4.74 Å². The van der Waals surface area contributed by atoms with Gasteiger partial charge in [-0.3, -0.25) is 0 Å². The molecular weight excluding hydrogens is 290 g/mol. The highest BCUT2D eigenvalue weighted by Gasteiger charge is 2.25. The normalized spacial score (nSPS) is 22.2. The fraction of sp³-hybridized carbons (Fsp3) is 0.944. The van der Waals surface area contributed by atoms with Crippen LogP contribution in [0.2, 0.25) is 0 Å². The summed E-state index contributed by atoms with van der Waals surface area (Å²) >= 11 is 0. The summed E-state index contributed by atoms with van der Waals surface area (Å²) in [5, 5.41) is 6.65. The smallest absolute Gasteiger partial charge is 0.407 e. The lowest BCUT2D eigenvalue weighted by Crippen LogP contribution is -2.45. The summed E-state index contributed by atoms with van der Waals surface area (Å²) in [4.78, 5) is 14.0. The Kier molecular flexibility index (Phi) is 8.92. The Bertz CT molecular complexity index is 340. The number of carbonyl (C=O) groups excluding carboxylic acids is 1. The maximum atomic E-state index is 11.8. The second kappa shape index (κ2) is 10.1. The van der Waals surface area contributed by atoms with Crippen molar-refractivity contribution in [2.24, 2.45) is 5.92 Å². The van der Waals surface area contributed by atoms with Crippen LogP contribution >= 0.6 is 0 Å². The van der Waals surface area contributed by atoms with E-state index < -0.39 is 5.60 Å². The van der Waals surface area contributed by atoms with E-state index in [-0.39, 0.29) is 6.09 Å². The number of carbonyl (C=O) groups is 1. The van der Waals surface area contributed by atoms with Gasteiger partial charge in [-0.15, -0.1) is 0 Å². The zero-order valence-electron chi connectivity index (χ0n) is 15.8. The van der Waals surface area contributed by atoms with Gasteiger partial charge in [0.2, 0.25) is 0 Å². The number of ether oxygens (including phenoxy) is 1. The largest absolute Gasteiger partial charge is 0.444 e. The first kappa shape index (κ1) is 20.2. The van der Waals surface area contributed by atoms with Gasteiger partial charge in [-0.2, -0.15) is 0 Å². The molecule has 1 aliphatic rings. The van der Waals surface area contributed by atoms with Crippen molar-refractivity contribution in [2.45, 2.75) is 70.9 Å². The zero-order chi connectivity index (χ0) is 17.3. The summed E-state index contributed by atoms with van der Waals surface area (Å²) in [6.07, 6.45) is 7.10. The lowest BCUT2D eigenvalue weighted by molar-refractivity contribution is 0.0510. The number of rotatable bonds is 8. The molecule has 0 saturated heterocycles. The quantitative estimate of drug-likeness (QED) is 0.673. The van der Waals surface area contributed by atoms with E-state index in [0.29, 0.717) is 18.5 Å². The summed E-state index contributed by atoms with van der Waals surface area (Å²) in [6, 6.07) is 0.526. The first-order valence-corrected chi connectivity index (χ1v) is 9.13. The van der Waals surface area contributed by atoms with Gasteiger partial charge >= 0.3 is 6.09 Å². The first-order chi connectivity index (χ1) is 10.8. The number of unbranched alkanes of at least 4 members (excludes halogenated alkanes) is 1. The van der Waals surface area contributed by atoms with Crippen LogP contribution in [-0.2, 0) is 4.74 Å². The molecule has 0 aromatic rings. The van der Waals surface area contributed by atoms with E-state index in [1.54, 1.807) is 0 Å². The van der Waals surface area contributed by atoms with Gasteiger partial charge in [0.15, 0.2) is 0 Å². The summed E-state index contributed by atoms with van der Waals surface area (Å²) in [5.41, 5.74) is -0.430. The molecule has 1 rings (SSSR count). The molecule has 5 heteroatoms. The van der Waals surface area contributed by atoms with Crippen LogP contribution in [0.15, 0.2) is 0 Å². The van der Waals surface area contributed by atoms with E-state index in [1.165, 1.54) is 38.5 Å². The molecule has 5 nitrogen and oxygen atoms in total. The van der Waals surface area contributed by atoms with Crippen LogP contribution in [0.25, 0.3) is 0 Å². The van der Waals surface area contributed by atoms with Gasteiger partial charge in [0.1, 0.15) is 5.60 Å². The number of amides is 1. The molecule has 1 aliphatic carbocycles. The monoisotopic (exact) mass is 327 g/mol. The third-order valence-corrected chi connectivity index (χ3v) is 4.26. The van der Waals surface area contributed by atoms with Crippen molar-refractivity contribution in [3.05, 3.63) is 0 Å². The Hall–Kier alpha value is -0.810. The van der Waals surface area contributed by atoms with Crippen LogP contribution in [0, 0.1) is 5.92 Å². The van der Waals surface area contributed by atoms with Crippen molar-refractivity contribution in [3.63, 3.8) is 0 Å². The number of nitrogens with one attached hydrogen (secondary N) is 2. The van der Waals surface area contributed by atoms with Gasteiger partial charge < -0.3 is 20.3 Å². The van der Waals surface area contributed by atoms with Gasteiger partial charge in [0, 0.05) is 12.6 Å². The molecular formula is C18H37N3O2. The fourth-order valence-electron chi connectivity index (χ4n) is 3.09. The van der Waals surface area contributed by atoms with Crippen LogP contribution in [0.1, 0.15) is 59.3 Å². The molecule has 0 aromatic heterocycles. The number of nitrogens with zero attached hydrogens (tertiary/aromatic N) is 1. The van der Waals surface area contributed by atoms with E-state index >= 15 is 0 Å². The van der Waals surface area contributed by atoms with Crippen LogP contribution in [0.4, 0.5) is 4.79 Å². The number of hydrogen-bond donors (Lipinski definition) is 2. The van der Waals surface area contributed by atoms with Crippen molar-refractivity contribution in [1.82, 2.24) is 15.5 Å². The lowest BCUT2D eigenvalue weighted by atomic mass is 9.84. The Morgan fingerprint density at radius 2 is 1.87 bits per heavy atom. The third-order valence-electron chi connectivity index (χ3n) is 4.26. The SMILES string of the molecule is CN(C)CCCCNC1CCCCC1CNC(=O)OC(C)(C)C. The summed E-state index contributed by atoms with van der Waals surface area (Å²) in [6.45, 7) is 8.61. The summed E-state index contributed by atoms with van der Waals surface area (Å²) in [5.74, 6) is 0.519. The molecule has 136 valence electrons. The highest BCUT2D eigenvalue weighted by atomic mass is 16.6. The van der Waals surface area contributed by atoms with Crippen LogP contribution in [0.3, 0.4) is 0 Å². The highest BCUT2D eigenvalue weighted by molar-refractivity contribution is 5.67. The average molecular weight is 328 g/mol. The van der Waals surface area contributed by atoms with E-state index in [2.05, 4.69) is 29.6 Å². The molecule has 0 aromatic carbocycles. The molecule has 0 aliphatic heterocycles. The van der Waals surface area contributed by atoms with Crippen LogP contribution in [0.5, 0.6) is 0 Å². The van der Waals surface area contributed by atoms with Gasteiger partial charge in [-0.05, 0) is 79.6 Å². The molecule has 0 bridgehead atoms. The highest BCUT2D eigenvalue weighted by Crippen LogP contribution is 2.24. The van der Waals surface area contributed by atoms with Crippen LogP contribution < -0.4 is 10.6 Å². The summed E-state index contributed by atoms with van der Waals surface area (Å²) < 4.78 is 5.32. The lowest BCUT2D eigenvalue weighted by Gasteiger charge is -2.33. The molecule has 2 unspecified atom stereocenters. The maximum absolute atomic E-state index is 11.8. The van der Waals surface area contributed by atoms with Crippen molar-refractivity contribution in [1.29, 1.82) is 0 Å². The predicted molar refractivity (Wildman–Crippen MR) is 95.8 cm³/mol. The zero-order valence-corrected chi connectivity index (χ0v) is 15.8. The average Bonchev–Trinajstić information content (AvgIpc) is 2.43. The molecule has 2 atom stereocenters. The van der Waals surface area contributed by atoms with Crippen molar-refractivity contribution in [2.75, 3.05) is 33.7 Å². The first-order valence-electron chi connectivity index (χ1n) is 9.13. The molecule has 0 spiro atoms.